The van der Waals surface area contributed by atoms with Crippen LogP contribution in [0.5, 0.6) is 5.75 Å². The number of alkyl halides is 3. The molecule has 8 heteroatoms. The molecule has 0 saturated heterocycles. The van der Waals surface area contributed by atoms with Gasteiger partial charge in [0.2, 0.25) is 0 Å². The molecule has 1 heterocycles. The maximum absolute atomic E-state index is 13.7. The lowest BCUT2D eigenvalue weighted by atomic mass is 10.1. The van der Waals surface area contributed by atoms with Gasteiger partial charge < -0.3 is 4.74 Å². The third kappa shape index (κ3) is 4.54. The van der Waals surface area contributed by atoms with Crippen molar-refractivity contribution in [2.75, 3.05) is 5.01 Å². The van der Waals surface area contributed by atoms with E-state index in [9.17, 15) is 22.4 Å². The Morgan fingerprint density at radius 2 is 1.56 bits per heavy atom. The maximum Gasteiger partial charge on any atom is 0.435 e. The summed E-state index contributed by atoms with van der Waals surface area (Å²) in [5.74, 6) is -1.01. The Balaban J connectivity index is 1.67. The molecule has 0 radical (unpaired) electrons. The van der Waals surface area contributed by atoms with Crippen LogP contribution < -0.4 is 9.75 Å². The highest BCUT2D eigenvalue weighted by molar-refractivity contribution is 6.34. The van der Waals surface area contributed by atoms with Crippen molar-refractivity contribution in [3.05, 3.63) is 101 Å². The zero-order valence-corrected chi connectivity index (χ0v) is 16.5. The van der Waals surface area contributed by atoms with Gasteiger partial charge in [0.05, 0.1) is 11.3 Å². The van der Waals surface area contributed by atoms with Crippen molar-refractivity contribution in [3.63, 3.8) is 0 Å². The highest BCUT2D eigenvalue weighted by atomic mass is 19.4. The molecule has 0 saturated carbocycles. The molecule has 0 fully saturated rings. The molecule has 0 aromatic heterocycles. The summed E-state index contributed by atoms with van der Waals surface area (Å²) in [4.78, 5) is 12.9. The van der Waals surface area contributed by atoms with Crippen LogP contribution in [0, 0.1) is 5.82 Å². The number of rotatable bonds is 5. The monoisotopic (exact) mass is 440 g/mol. The van der Waals surface area contributed by atoms with Crippen LogP contribution in [0.4, 0.5) is 23.2 Å². The highest BCUT2D eigenvalue weighted by Gasteiger charge is 2.46. The summed E-state index contributed by atoms with van der Waals surface area (Å²) in [6, 6.07) is 19.9. The predicted molar refractivity (Wildman–Crippen MR) is 113 cm³/mol. The fourth-order valence-electron chi connectivity index (χ4n) is 3.13. The third-order valence-electron chi connectivity index (χ3n) is 4.67. The van der Waals surface area contributed by atoms with Gasteiger partial charge in [0, 0.05) is 5.56 Å². The summed E-state index contributed by atoms with van der Waals surface area (Å²) in [6.07, 6.45) is -3.70. The zero-order valence-electron chi connectivity index (χ0n) is 16.5. The Kier molecular flexibility index (Phi) is 5.77. The lowest BCUT2D eigenvalue weighted by Gasteiger charge is -2.12. The third-order valence-corrected chi connectivity index (χ3v) is 4.67. The summed E-state index contributed by atoms with van der Waals surface area (Å²) in [7, 11) is 0. The molecule has 3 aromatic rings. The van der Waals surface area contributed by atoms with E-state index in [4.69, 9.17) is 4.74 Å². The average molecular weight is 440 g/mol. The van der Waals surface area contributed by atoms with Crippen molar-refractivity contribution in [1.82, 2.24) is 0 Å². The zero-order chi connectivity index (χ0) is 22.7. The molecule has 1 aliphatic rings. The number of carbonyl (C=O) groups excluding carboxylic acids is 1. The van der Waals surface area contributed by atoms with Crippen molar-refractivity contribution < 1.29 is 27.1 Å². The van der Waals surface area contributed by atoms with E-state index in [1.807, 2.05) is 0 Å². The quantitative estimate of drug-likeness (QED) is 0.374. The molecular formula is C24H16F4N2O2. The topological polar surface area (TPSA) is 41.9 Å². The number of anilines is 1. The van der Waals surface area contributed by atoms with Crippen LogP contribution in [-0.4, -0.2) is 17.8 Å². The minimum Gasteiger partial charge on any atom is -0.488 e. The molecule has 162 valence electrons. The fraction of sp³-hybridized carbons (Fsp3) is 0.0833. The van der Waals surface area contributed by atoms with Gasteiger partial charge in [0.15, 0.2) is 5.71 Å². The number of hydrogen-bond acceptors (Lipinski definition) is 3. The van der Waals surface area contributed by atoms with Gasteiger partial charge in [-0.3, -0.25) is 4.79 Å². The fourth-order valence-corrected chi connectivity index (χ4v) is 3.13. The molecule has 0 bridgehead atoms. The molecule has 4 nitrogen and oxygen atoms in total. The number of halogens is 4. The molecule has 32 heavy (non-hydrogen) atoms. The Labute approximate surface area is 181 Å². The van der Waals surface area contributed by atoms with Gasteiger partial charge in [0.1, 0.15) is 18.2 Å². The minimum absolute atomic E-state index is 0.0742. The summed E-state index contributed by atoms with van der Waals surface area (Å²) in [5, 5.41) is 4.28. The van der Waals surface area contributed by atoms with Crippen molar-refractivity contribution >= 4 is 23.4 Å². The van der Waals surface area contributed by atoms with Gasteiger partial charge >= 0.3 is 6.18 Å². The highest BCUT2D eigenvalue weighted by Crippen LogP contribution is 2.33. The Morgan fingerprint density at radius 1 is 0.906 bits per heavy atom. The largest absolute Gasteiger partial charge is 0.488 e. The predicted octanol–water partition coefficient (Wildman–Crippen LogP) is 5.75. The van der Waals surface area contributed by atoms with E-state index < -0.39 is 23.4 Å². The molecule has 0 spiro atoms. The van der Waals surface area contributed by atoms with E-state index in [0.29, 0.717) is 5.56 Å². The summed E-state index contributed by atoms with van der Waals surface area (Å²) in [5.41, 5.74) is -0.675. The van der Waals surface area contributed by atoms with Crippen molar-refractivity contribution in [3.8, 4) is 5.75 Å². The second-order valence-electron chi connectivity index (χ2n) is 6.91. The molecule has 0 aliphatic carbocycles. The van der Waals surface area contributed by atoms with Crippen LogP contribution in [0.1, 0.15) is 11.1 Å². The normalized spacial score (nSPS) is 15.2. The number of amides is 1. The number of benzene rings is 3. The van der Waals surface area contributed by atoms with E-state index >= 15 is 0 Å². The smallest absolute Gasteiger partial charge is 0.435 e. The first-order chi connectivity index (χ1) is 15.3. The Morgan fingerprint density at radius 3 is 2.25 bits per heavy atom. The van der Waals surface area contributed by atoms with Crippen molar-refractivity contribution in [2.24, 2.45) is 5.10 Å². The van der Waals surface area contributed by atoms with Gasteiger partial charge in [-0.1, -0.05) is 48.5 Å². The SMILES string of the molecule is O=C1/C(=C\c2ccccc2OCc2ccc(F)cc2)C(C(F)(F)F)=NN1c1ccccc1. The lowest BCUT2D eigenvalue weighted by Crippen LogP contribution is -2.25. The second kappa shape index (κ2) is 8.66. The van der Waals surface area contributed by atoms with Gasteiger partial charge in [0.25, 0.3) is 5.91 Å². The molecule has 3 aromatic carbocycles. The number of ether oxygens (including phenoxy) is 1. The minimum atomic E-state index is -4.82. The van der Waals surface area contributed by atoms with Gasteiger partial charge in [-0.05, 0) is 42.0 Å². The standard InChI is InChI=1S/C24H16F4N2O2/c25-18-12-10-16(11-13-18)15-32-21-9-5-4-6-17(21)14-20-22(24(26,27)28)29-30(23(20)31)19-7-2-1-3-8-19/h1-14H,15H2/b20-14-. The van der Waals surface area contributed by atoms with Crippen molar-refractivity contribution in [1.29, 1.82) is 0 Å². The van der Waals surface area contributed by atoms with E-state index in [0.717, 1.165) is 11.1 Å². The van der Waals surface area contributed by atoms with E-state index in [-0.39, 0.29) is 29.4 Å². The van der Waals surface area contributed by atoms with Gasteiger partial charge in [-0.15, -0.1) is 0 Å². The molecule has 0 N–H and O–H groups in total. The van der Waals surface area contributed by atoms with E-state index in [1.54, 1.807) is 54.6 Å². The molecule has 4 rings (SSSR count). The molecule has 0 unspecified atom stereocenters. The number of carbonyl (C=O) groups is 1. The van der Waals surface area contributed by atoms with Crippen LogP contribution in [0.25, 0.3) is 6.08 Å². The first kappa shape index (κ1) is 21.3. The van der Waals surface area contributed by atoms with Crippen LogP contribution in [0.15, 0.2) is 89.5 Å². The Bertz CT molecular complexity index is 1190. The molecule has 1 amide bonds. The van der Waals surface area contributed by atoms with Gasteiger partial charge in [-0.25, -0.2) is 4.39 Å². The molecule has 1 aliphatic heterocycles. The summed E-state index contributed by atoms with van der Waals surface area (Å²) < 4.78 is 59.8. The maximum atomic E-state index is 13.7. The van der Waals surface area contributed by atoms with E-state index in [1.165, 1.54) is 24.3 Å². The Hall–Kier alpha value is -3.94. The van der Waals surface area contributed by atoms with Crippen molar-refractivity contribution in [2.45, 2.75) is 12.8 Å². The number of nitrogens with zero attached hydrogens (tertiary/aromatic N) is 2. The summed E-state index contributed by atoms with van der Waals surface area (Å²) >= 11 is 0. The van der Waals surface area contributed by atoms with Crippen LogP contribution >= 0.6 is 0 Å². The van der Waals surface area contributed by atoms with Crippen LogP contribution in [0.3, 0.4) is 0 Å². The number of hydrazone groups is 1. The number of para-hydroxylation sites is 2. The van der Waals surface area contributed by atoms with Crippen LogP contribution in [0.2, 0.25) is 0 Å². The summed E-state index contributed by atoms with van der Waals surface area (Å²) in [6.45, 7) is 0.0742. The second-order valence-corrected chi connectivity index (χ2v) is 6.91. The van der Waals surface area contributed by atoms with Crippen LogP contribution in [-0.2, 0) is 11.4 Å². The lowest BCUT2D eigenvalue weighted by molar-refractivity contribution is -0.114. The average Bonchev–Trinajstić information content (AvgIpc) is 3.11. The first-order valence-electron chi connectivity index (χ1n) is 9.56. The van der Waals surface area contributed by atoms with E-state index in [2.05, 4.69) is 5.10 Å². The molecule has 0 atom stereocenters. The first-order valence-corrected chi connectivity index (χ1v) is 9.56. The molecular weight excluding hydrogens is 424 g/mol. The number of hydrogen-bond donors (Lipinski definition) is 0. The van der Waals surface area contributed by atoms with Gasteiger partial charge in [-0.2, -0.15) is 23.3 Å².